The minimum absolute atomic E-state index is 0.360. The van der Waals surface area contributed by atoms with Gasteiger partial charge in [-0.3, -0.25) is 0 Å². The fourth-order valence-electron chi connectivity index (χ4n) is 2.09. The second kappa shape index (κ2) is 2.38. The Balaban J connectivity index is 2.30. The molecule has 0 spiro atoms. The smallest absolute Gasteiger partial charge is 0.0467 e. The summed E-state index contributed by atoms with van der Waals surface area (Å²) in [6, 6.07) is 0. The number of rotatable bonds is 0. The Morgan fingerprint density at radius 3 is 2.73 bits per heavy atom. The maximum absolute atomic E-state index is 6.19. The molecule has 1 heteroatoms. The van der Waals surface area contributed by atoms with Crippen molar-refractivity contribution in [2.45, 2.75) is 19.2 Å². The topological polar surface area (TPSA) is 0 Å². The molecule has 0 saturated heterocycles. The molecular weight excluding hydrogens is 156 g/mol. The van der Waals surface area contributed by atoms with Crippen LogP contribution in [0, 0.1) is 17.8 Å². The number of alkyl halides is 1. The molecule has 0 radical (unpaired) electrons. The molecule has 1 fully saturated rings. The van der Waals surface area contributed by atoms with Crippen molar-refractivity contribution >= 4 is 11.6 Å². The summed E-state index contributed by atoms with van der Waals surface area (Å²) in [7, 11) is 0. The first-order valence-corrected chi connectivity index (χ1v) is 4.64. The lowest BCUT2D eigenvalue weighted by Crippen LogP contribution is -2.43. The summed E-state index contributed by atoms with van der Waals surface area (Å²) in [4.78, 5) is 0. The summed E-state index contributed by atoms with van der Waals surface area (Å²) in [6.07, 6.45) is 6.77. The molecule has 0 heterocycles. The van der Waals surface area contributed by atoms with Crippen molar-refractivity contribution in [3.8, 4) is 0 Å². The molecule has 0 aliphatic heterocycles. The van der Waals surface area contributed by atoms with Crippen LogP contribution in [0.5, 0.6) is 0 Å². The molecule has 0 aromatic heterocycles. The van der Waals surface area contributed by atoms with Crippen LogP contribution in [0.4, 0.5) is 0 Å². The first-order chi connectivity index (χ1) is 5.20. The van der Waals surface area contributed by atoms with E-state index in [1.165, 1.54) is 5.57 Å². The van der Waals surface area contributed by atoms with E-state index in [0.29, 0.717) is 17.2 Å². The van der Waals surface area contributed by atoms with Gasteiger partial charge in [-0.15, -0.1) is 11.6 Å². The predicted octanol–water partition coefficient (Wildman–Crippen LogP) is 2.99. The van der Waals surface area contributed by atoms with E-state index >= 15 is 0 Å². The minimum Gasteiger partial charge on any atom is -0.122 e. The van der Waals surface area contributed by atoms with Crippen LogP contribution in [0.15, 0.2) is 23.8 Å². The Morgan fingerprint density at radius 2 is 2.09 bits per heavy atom. The first kappa shape index (κ1) is 7.42. The molecule has 0 aromatic rings. The van der Waals surface area contributed by atoms with E-state index in [9.17, 15) is 0 Å². The van der Waals surface area contributed by atoms with Gasteiger partial charge in [0.15, 0.2) is 0 Å². The summed E-state index contributed by atoms with van der Waals surface area (Å²) in [5, 5.41) is 0.360. The minimum atomic E-state index is 0.360. The van der Waals surface area contributed by atoms with E-state index in [0.717, 1.165) is 5.92 Å². The van der Waals surface area contributed by atoms with Crippen LogP contribution in [0.2, 0.25) is 0 Å². The molecule has 0 amide bonds. The van der Waals surface area contributed by atoms with Crippen LogP contribution in [-0.4, -0.2) is 5.38 Å². The zero-order valence-corrected chi connectivity index (χ0v) is 7.68. The quantitative estimate of drug-likeness (QED) is 0.488. The fraction of sp³-hybridized carbons (Fsp3) is 0.600. The molecule has 3 aliphatic carbocycles. The van der Waals surface area contributed by atoms with E-state index < -0.39 is 0 Å². The molecule has 0 aromatic carbocycles. The number of hydrogen-bond donors (Lipinski definition) is 0. The summed E-state index contributed by atoms with van der Waals surface area (Å²) >= 11 is 6.19. The summed E-state index contributed by atoms with van der Waals surface area (Å²) in [6.45, 7) is 4.43. The second-order valence-electron chi connectivity index (χ2n) is 3.73. The van der Waals surface area contributed by atoms with Crippen LogP contribution in [0.3, 0.4) is 0 Å². The summed E-state index contributed by atoms with van der Waals surface area (Å²) in [5.41, 5.74) is 1.37. The number of halogens is 1. The van der Waals surface area contributed by atoms with E-state index in [4.69, 9.17) is 11.6 Å². The normalized spacial score (nSPS) is 47.7. The molecule has 0 nitrogen and oxygen atoms in total. The van der Waals surface area contributed by atoms with E-state index in [1.54, 1.807) is 0 Å². The summed E-state index contributed by atoms with van der Waals surface area (Å²) < 4.78 is 0. The maximum atomic E-state index is 6.19. The Morgan fingerprint density at radius 1 is 1.36 bits per heavy atom. The predicted molar refractivity (Wildman–Crippen MR) is 48.7 cm³/mol. The van der Waals surface area contributed by atoms with E-state index in [1.807, 2.05) is 0 Å². The first-order valence-electron chi connectivity index (χ1n) is 4.21. The third-order valence-corrected chi connectivity index (χ3v) is 3.57. The lowest BCUT2D eigenvalue weighted by atomic mass is 9.66. The molecule has 3 aliphatic rings. The van der Waals surface area contributed by atoms with E-state index in [2.05, 4.69) is 32.1 Å². The van der Waals surface area contributed by atoms with Crippen molar-refractivity contribution in [1.82, 2.24) is 0 Å². The highest BCUT2D eigenvalue weighted by atomic mass is 35.5. The zero-order valence-electron chi connectivity index (χ0n) is 6.92. The van der Waals surface area contributed by atoms with Crippen molar-refractivity contribution in [3.63, 3.8) is 0 Å². The monoisotopic (exact) mass is 168 g/mol. The molecule has 1 saturated carbocycles. The van der Waals surface area contributed by atoms with Gasteiger partial charge in [-0.1, -0.05) is 30.7 Å². The lowest BCUT2D eigenvalue weighted by Gasteiger charge is -2.44. The van der Waals surface area contributed by atoms with Gasteiger partial charge in [0, 0.05) is 5.38 Å². The third-order valence-electron chi connectivity index (χ3n) is 2.99. The van der Waals surface area contributed by atoms with Gasteiger partial charge in [-0.2, -0.15) is 0 Å². The SMILES string of the molecule is CC1=C[C@@H]2C(C)[C@@H](C=C1)C2Cl. The number of allylic oxidation sites excluding steroid dienone is 4. The molecular formula is C10H13Cl. The van der Waals surface area contributed by atoms with E-state index in [-0.39, 0.29) is 0 Å². The highest BCUT2D eigenvalue weighted by molar-refractivity contribution is 6.22. The van der Waals surface area contributed by atoms with Crippen LogP contribution in [0.1, 0.15) is 13.8 Å². The Kier molecular flexibility index (Phi) is 1.61. The van der Waals surface area contributed by atoms with Crippen LogP contribution >= 0.6 is 11.6 Å². The molecule has 0 N–H and O–H groups in total. The molecule has 4 atom stereocenters. The second-order valence-corrected chi connectivity index (χ2v) is 4.23. The average molecular weight is 169 g/mol. The van der Waals surface area contributed by atoms with Crippen molar-refractivity contribution in [1.29, 1.82) is 0 Å². The van der Waals surface area contributed by atoms with Gasteiger partial charge in [0.1, 0.15) is 0 Å². The van der Waals surface area contributed by atoms with Crippen molar-refractivity contribution in [2.75, 3.05) is 0 Å². The molecule has 3 rings (SSSR count). The zero-order chi connectivity index (χ0) is 8.01. The average Bonchev–Trinajstić information content (AvgIpc) is 2.21. The van der Waals surface area contributed by atoms with Crippen LogP contribution < -0.4 is 0 Å². The van der Waals surface area contributed by atoms with Crippen LogP contribution in [0.25, 0.3) is 0 Å². The maximum Gasteiger partial charge on any atom is 0.0467 e. The lowest BCUT2D eigenvalue weighted by molar-refractivity contribution is 0.182. The highest BCUT2D eigenvalue weighted by Crippen LogP contribution is 2.47. The van der Waals surface area contributed by atoms with Crippen molar-refractivity contribution in [3.05, 3.63) is 23.8 Å². The largest absolute Gasteiger partial charge is 0.122 e. The van der Waals surface area contributed by atoms with Crippen molar-refractivity contribution < 1.29 is 0 Å². The summed E-state index contributed by atoms with van der Waals surface area (Å²) in [5.74, 6) is 2.00. The van der Waals surface area contributed by atoms with Gasteiger partial charge in [-0.25, -0.2) is 0 Å². The van der Waals surface area contributed by atoms with Gasteiger partial charge >= 0.3 is 0 Å². The molecule has 11 heavy (non-hydrogen) atoms. The third kappa shape index (κ3) is 0.961. The van der Waals surface area contributed by atoms with Gasteiger partial charge in [0.05, 0.1) is 0 Å². The van der Waals surface area contributed by atoms with Crippen LogP contribution in [-0.2, 0) is 0 Å². The fourth-order valence-corrected chi connectivity index (χ4v) is 2.71. The number of fused-ring (bicyclic) bond motifs is 1. The van der Waals surface area contributed by atoms with Gasteiger partial charge < -0.3 is 0 Å². The standard InChI is InChI=1S/C10H13Cl/c1-6-3-4-8-7(2)9(5-6)10(8)11/h3-5,7-10H,1-2H3/t7?,8-,9-,10?/m1/s1. The Bertz CT molecular complexity index is 217. The van der Waals surface area contributed by atoms with Gasteiger partial charge in [0.2, 0.25) is 0 Å². The Hall–Kier alpha value is -0.230. The van der Waals surface area contributed by atoms with Crippen molar-refractivity contribution in [2.24, 2.45) is 17.8 Å². The van der Waals surface area contributed by atoms with Gasteiger partial charge in [0.25, 0.3) is 0 Å². The van der Waals surface area contributed by atoms with Gasteiger partial charge in [-0.05, 0) is 24.7 Å². The number of hydrogen-bond acceptors (Lipinski definition) is 0. The molecule has 2 bridgehead atoms. The molecule has 60 valence electrons. The molecule has 2 unspecified atom stereocenters. The highest BCUT2D eigenvalue weighted by Gasteiger charge is 2.44. The Labute approximate surface area is 72.9 Å².